The Morgan fingerprint density at radius 2 is 2.25 bits per heavy atom. The van der Waals surface area contributed by atoms with Gasteiger partial charge in [-0.15, -0.1) is 0 Å². The normalized spacial score (nSPS) is 30.8. The first-order valence-corrected chi connectivity index (χ1v) is 4.66. The molecule has 70 valence electrons. The summed E-state index contributed by atoms with van der Waals surface area (Å²) >= 11 is 0. The van der Waals surface area contributed by atoms with Crippen molar-refractivity contribution < 1.29 is 0 Å². The molecule has 0 aromatic heterocycles. The van der Waals surface area contributed by atoms with E-state index in [0.717, 1.165) is 18.9 Å². The van der Waals surface area contributed by atoms with Crippen LogP contribution in [-0.2, 0) is 0 Å². The Bertz CT molecular complexity index is 167. The van der Waals surface area contributed by atoms with Gasteiger partial charge in [-0.1, -0.05) is 6.92 Å². The molecule has 0 spiro atoms. The third kappa shape index (κ3) is 2.48. The zero-order chi connectivity index (χ0) is 9.14. The van der Waals surface area contributed by atoms with E-state index in [2.05, 4.69) is 18.7 Å². The van der Waals surface area contributed by atoms with Crippen LogP contribution >= 0.6 is 0 Å². The van der Waals surface area contributed by atoms with Crippen molar-refractivity contribution in [3.05, 3.63) is 0 Å². The molecule has 0 bridgehead atoms. The molecule has 1 saturated heterocycles. The highest BCUT2D eigenvalue weighted by Gasteiger charge is 2.25. The Labute approximate surface area is 74.4 Å². The Kier molecular flexibility index (Phi) is 3.09. The summed E-state index contributed by atoms with van der Waals surface area (Å²) in [6.45, 7) is 6.67. The maximum Gasteiger partial charge on any atom is 0.0918 e. The van der Waals surface area contributed by atoms with Crippen molar-refractivity contribution in [3.8, 4) is 0 Å². The van der Waals surface area contributed by atoms with Crippen molar-refractivity contribution in [2.24, 2.45) is 11.7 Å². The van der Waals surface area contributed by atoms with Crippen LogP contribution in [0.1, 0.15) is 26.7 Å². The van der Waals surface area contributed by atoms with Crippen LogP contribution in [0.5, 0.6) is 0 Å². The van der Waals surface area contributed by atoms with Crippen LogP contribution in [0.15, 0.2) is 0 Å². The summed E-state index contributed by atoms with van der Waals surface area (Å²) in [5.74, 6) is 1.12. The summed E-state index contributed by atoms with van der Waals surface area (Å²) in [6, 6.07) is 0.680. The van der Waals surface area contributed by atoms with Crippen LogP contribution < -0.4 is 5.73 Å². The van der Waals surface area contributed by atoms with Gasteiger partial charge in [0.25, 0.3) is 0 Å². The standard InChI is InChI=1S/C9H19N3/c1-7-5-8(2)12(6-7)4-3-9(10)11/h7-8H,3-6H2,1-2H3,(H3,10,11). The van der Waals surface area contributed by atoms with Gasteiger partial charge in [0.2, 0.25) is 0 Å². The van der Waals surface area contributed by atoms with Crippen LogP contribution in [-0.4, -0.2) is 29.9 Å². The first kappa shape index (κ1) is 9.52. The molecule has 1 aliphatic heterocycles. The molecular weight excluding hydrogens is 150 g/mol. The third-order valence-corrected chi connectivity index (χ3v) is 2.58. The fourth-order valence-electron chi connectivity index (χ4n) is 1.96. The van der Waals surface area contributed by atoms with Crippen molar-refractivity contribution in [1.29, 1.82) is 5.41 Å². The summed E-state index contributed by atoms with van der Waals surface area (Å²) in [5, 5.41) is 7.13. The lowest BCUT2D eigenvalue weighted by Gasteiger charge is -2.20. The topological polar surface area (TPSA) is 53.1 Å². The smallest absolute Gasteiger partial charge is 0.0918 e. The molecule has 12 heavy (non-hydrogen) atoms. The highest BCUT2D eigenvalue weighted by Crippen LogP contribution is 2.21. The number of amidine groups is 1. The van der Waals surface area contributed by atoms with Gasteiger partial charge in [0, 0.05) is 25.6 Å². The number of hydrogen-bond acceptors (Lipinski definition) is 2. The largest absolute Gasteiger partial charge is 0.388 e. The maximum atomic E-state index is 7.13. The Balaban J connectivity index is 2.28. The van der Waals surface area contributed by atoms with Crippen LogP contribution in [0.4, 0.5) is 0 Å². The van der Waals surface area contributed by atoms with Crippen LogP contribution in [0.25, 0.3) is 0 Å². The van der Waals surface area contributed by atoms with E-state index in [1.807, 2.05) is 0 Å². The van der Waals surface area contributed by atoms with Crippen molar-refractivity contribution in [3.63, 3.8) is 0 Å². The number of likely N-dealkylation sites (tertiary alicyclic amines) is 1. The molecule has 0 radical (unpaired) electrons. The van der Waals surface area contributed by atoms with Gasteiger partial charge in [-0.2, -0.15) is 0 Å². The Morgan fingerprint density at radius 3 is 2.67 bits per heavy atom. The second-order valence-electron chi connectivity index (χ2n) is 3.96. The molecule has 1 heterocycles. The molecule has 3 N–H and O–H groups in total. The van der Waals surface area contributed by atoms with E-state index >= 15 is 0 Å². The lowest BCUT2D eigenvalue weighted by Crippen LogP contribution is -2.30. The van der Waals surface area contributed by atoms with Crippen molar-refractivity contribution in [2.45, 2.75) is 32.7 Å². The molecule has 0 aromatic rings. The van der Waals surface area contributed by atoms with Gasteiger partial charge in [-0.3, -0.25) is 10.3 Å². The molecule has 3 heteroatoms. The first-order chi connectivity index (χ1) is 5.59. The third-order valence-electron chi connectivity index (χ3n) is 2.58. The molecular formula is C9H19N3. The summed E-state index contributed by atoms with van der Waals surface area (Å²) < 4.78 is 0. The van der Waals surface area contributed by atoms with Crippen molar-refractivity contribution in [1.82, 2.24) is 4.90 Å². The molecule has 0 amide bonds. The molecule has 1 rings (SSSR count). The molecule has 0 saturated carbocycles. The molecule has 1 fully saturated rings. The molecule has 0 aromatic carbocycles. The fraction of sp³-hybridized carbons (Fsp3) is 0.889. The van der Waals surface area contributed by atoms with Gasteiger partial charge < -0.3 is 5.73 Å². The number of nitrogens with one attached hydrogen (secondary N) is 1. The van der Waals surface area contributed by atoms with Gasteiger partial charge >= 0.3 is 0 Å². The average molecular weight is 169 g/mol. The lowest BCUT2D eigenvalue weighted by atomic mass is 10.1. The highest BCUT2D eigenvalue weighted by atomic mass is 15.2. The number of hydrogen-bond donors (Lipinski definition) is 2. The van der Waals surface area contributed by atoms with E-state index in [1.165, 1.54) is 13.0 Å². The van der Waals surface area contributed by atoms with Crippen molar-refractivity contribution >= 4 is 5.84 Å². The van der Waals surface area contributed by atoms with E-state index in [0.29, 0.717) is 11.9 Å². The first-order valence-electron chi connectivity index (χ1n) is 4.66. The highest BCUT2D eigenvalue weighted by molar-refractivity contribution is 5.76. The number of nitrogens with zero attached hydrogens (tertiary/aromatic N) is 1. The van der Waals surface area contributed by atoms with Crippen LogP contribution in [0.3, 0.4) is 0 Å². The Morgan fingerprint density at radius 1 is 1.58 bits per heavy atom. The van der Waals surface area contributed by atoms with E-state index < -0.39 is 0 Å². The van der Waals surface area contributed by atoms with Crippen molar-refractivity contribution in [2.75, 3.05) is 13.1 Å². The van der Waals surface area contributed by atoms with E-state index in [-0.39, 0.29) is 0 Å². The predicted octanol–water partition coefficient (Wildman–Crippen LogP) is 1.04. The Hall–Kier alpha value is -0.570. The van der Waals surface area contributed by atoms with Gasteiger partial charge in [0.15, 0.2) is 0 Å². The monoisotopic (exact) mass is 169 g/mol. The average Bonchev–Trinajstić information content (AvgIpc) is 2.26. The van der Waals surface area contributed by atoms with Gasteiger partial charge in [-0.05, 0) is 19.3 Å². The van der Waals surface area contributed by atoms with E-state index in [1.54, 1.807) is 0 Å². The molecule has 3 nitrogen and oxygen atoms in total. The minimum Gasteiger partial charge on any atom is -0.388 e. The van der Waals surface area contributed by atoms with E-state index in [9.17, 15) is 0 Å². The molecule has 0 aliphatic carbocycles. The zero-order valence-corrected chi connectivity index (χ0v) is 8.01. The van der Waals surface area contributed by atoms with Crippen LogP contribution in [0, 0.1) is 11.3 Å². The zero-order valence-electron chi connectivity index (χ0n) is 8.01. The summed E-state index contributed by atoms with van der Waals surface area (Å²) in [6.07, 6.45) is 2.01. The second kappa shape index (κ2) is 3.90. The quantitative estimate of drug-likeness (QED) is 0.490. The number of rotatable bonds is 3. The van der Waals surface area contributed by atoms with Gasteiger partial charge in [-0.25, -0.2) is 0 Å². The summed E-state index contributed by atoms with van der Waals surface area (Å²) in [4.78, 5) is 2.42. The molecule has 2 unspecified atom stereocenters. The SMILES string of the molecule is CC1CC(C)N(CCC(=N)N)C1. The summed E-state index contributed by atoms with van der Waals surface area (Å²) in [5.41, 5.74) is 5.31. The minimum absolute atomic E-state index is 0.307. The molecule has 1 aliphatic rings. The lowest BCUT2D eigenvalue weighted by molar-refractivity contribution is 0.273. The van der Waals surface area contributed by atoms with E-state index in [4.69, 9.17) is 11.1 Å². The second-order valence-corrected chi connectivity index (χ2v) is 3.96. The maximum absolute atomic E-state index is 7.13. The fourth-order valence-corrected chi connectivity index (χ4v) is 1.96. The predicted molar refractivity (Wildman–Crippen MR) is 51.3 cm³/mol. The summed E-state index contributed by atoms with van der Waals surface area (Å²) in [7, 11) is 0. The number of nitrogens with two attached hydrogens (primary N) is 1. The van der Waals surface area contributed by atoms with Gasteiger partial charge in [0.1, 0.15) is 0 Å². The molecule has 2 atom stereocenters. The van der Waals surface area contributed by atoms with Crippen LogP contribution in [0.2, 0.25) is 0 Å². The van der Waals surface area contributed by atoms with Gasteiger partial charge in [0.05, 0.1) is 5.84 Å². The minimum atomic E-state index is 0.307.